The van der Waals surface area contributed by atoms with Crippen molar-refractivity contribution in [1.82, 2.24) is 9.78 Å². The van der Waals surface area contributed by atoms with Crippen LogP contribution in [-0.4, -0.2) is 14.7 Å². The van der Waals surface area contributed by atoms with Gasteiger partial charge in [0.15, 0.2) is 0 Å². The second kappa shape index (κ2) is 4.74. The molecule has 1 aromatic carbocycles. The smallest absolute Gasteiger partial charge is 0.268 e. The standard InChI is InChI=1S/C11H8FN3O3/c12-11-8(3-1-4-9(11)15(17)18)7-14-10(16)5-2-6-13-14/h1-6H,7H2. The van der Waals surface area contributed by atoms with Crippen molar-refractivity contribution in [3.05, 3.63) is 68.4 Å². The fraction of sp³-hybridized carbons (Fsp3) is 0.0909. The van der Waals surface area contributed by atoms with Crippen molar-refractivity contribution in [3.63, 3.8) is 0 Å². The topological polar surface area (TPSA) is 78.0 Å². The lowest BCUT2D eigenvalue weighted by atomic mass is 10.2. The molecule has 18 heavy (non-hydrogen) atoms. The zero-order valence-electron chi connectivity index (χ0n) is 9.12. The number of rotatable bonds is 3. The minimum Gasteiger partial charge on any atom is -0.268 e. The van der Waals surface area contributed by atoms with E-state index in [9.17, 15) is 19.3 Å². The predicted molar refractivity (Wildman–Crippen MR) is 60.7 cm³/mol. The Morgan fingerprint density at radius 1 is 1.33 bits per heavy atom. The van der Waals surface area contributed by atoms with Crippen molar-refractivity contribution in [2.24, 2.45) is 0 Å². The van der Waals surface area contributed by atoms with E-state index in [1.807, 2.05) is 0 Å². The number of hydrogen-bond acceptors (Lipinski definition) is 4. The predicted octanol–water partition coefficient (Wildman–Crippen LogP) is 1.34. The maximum absolute atomic E-state index is 13.8. The van der Waals surface area contributed by atoms with Crippen molar-refractivity contribution in [2.45, 2.75) is 6.54 Å². The molecule has 0 aliphatic heterocycles. The normalized spacial score (nSPS) is 10.3. The van der Waals surface area contributed by atoms with Crippen LogP contribution in [-0.2, 0) is 6.54 Å². The van der Waals surface area contributed by atoms with Crippen molar-refractivity contribution >= 4 is 5.69 Å². The Balaban J connectivity index is 2.42. The quantitative estimate of drug-likeness (QED) is 0.607. The van der Waals surface area contributed by atoms with Crippen LogP contribution in [0.4, 0.5) is 10.1 Å². The van der Waals surface area contributed by atoms with Crippen LogP contribution in [0.3, 0.4) is 0 Å². The molecule has 0 N–H and O–H groups in total. The van der Waals surface area contributed by atoms with E-state index in [1.165, 1.54) is 30.5 Å². The monoisotopic (exact) mass is 249 g/mol. The number of nitro groups is 1. The molecule has 0 unspecified atom stereocenters. The van der Waals surface area contributed by atoms with Gasteiger partial charge in [-0.05, 0) is 6.07 Å². The lowest BCUT2D eigenvalue weighted by Gasteiger charge is -2.05. The third kappa shape index (κ3) is 2.24. The molecular weight excluding hydrogens is 241 g/mol. The molecule has 0 aliphatic rings. The van der Waals surface area contributed by atoms with Crippen LogP contribution in [0.5, 0.6) is 0 Å². The molecule has 0 aliphatic carbocycles. The number of nitro benzene ring substituents is 1. The van der Waals surface area contributed by atoms with Crippen molar-refractivity contribution in [1.29, 1.82) is 0 Å². The highest BCUT2D eigenvalue weighted by Crippen LogP contribution is 2.20. The van der Waals surface area contributed by atoms with Crippen molar-refractivity contribution in [3.8, 4) is 0 Å². The number of hydrogen-bond donors (Lipinski definition) is 0. The van der Waals surface area contributed by atoms with Crippen molar-refractivity contribution in [2.75, 3.05) is 0 Å². The van der Waals surface area contributed by atoms with Gasteiger partial charge in [-0.15, -0.1) is 0 Å². The third-order valence-corrected chi connectivity index (χ3v) is 2.36. The van der Waals surface area contributed by atoms with Gasteiger partial charge in [0, 0.05) is 23.9 Å². The van der Waals surface area contributed by atoms with Gasteiger partial charge in [0.05, 0.1) is 11.5 Å². The molecule has 0 atom stereocenters. The molecule has 0 bridgehead atoms. The summed E-state index contributed by atoms with van der Waals surface area (Å²) in [5.41, 5.74) is -0.968. The van der Waals surface area contributed by atoms with E-state index in [0.29, 0.717) is 0 Å². The van der Waals surface area contributed by atoms with Gasteiger partial charge in [-0.1, -0.05) is 12.1 Å². The SMILES string of the molecule is O=c1cccnn1Cc1cccc([N+](=O)[O-])c1F. The van der Waals surface area contributed by atoms with Crippen LogP contribution >= 0.6 is 0 Å². The maximum atomic E-state index is 13.8. The average Bonchev–Trinajstić information content (AvgIpc) is 2.34. The van der Waals surface area contributed by atoms with Gasteiger partial charge in [-0.3, -0.25) is 14.9 Å². The first-order valence-corrected chi connectivity index (χ1v) is 5.03. The Labute approximate surface area is 100 Å². The van der Waals surface area contributed by atoms with E-state index >= 15 is 0 Å². The van der Waals surface area contributed by atoms with E-state index in [0.717, 1.165) is 10.7 Å². The molecule has 0 saturated heterocycles. The van der Waals surface area contributed by atoms with E-state index in [1.54, 1.807) is 0 Å². The highest BCUT2D eigenvalue weighted by molar-refractivity contribution is 5.36. The maximum Gasteiger partial charge on any atom is 0.305 e. The second-order valence-electron chi connectivity index (χ2n) is 3.53. The molecule has 0 saturated carbocycles. The molecule has 0 spiro atoms. The van der Waals surface area contributed by atoms with Crippen LogP contribution in [0.1, 0.15) is 5.56 Å². The Morgan fingerprint density at radius 3 is 2.78 bits per heavy atom. The Kier molecular flexibility index (Phi) is 3.13. The fourth-order valence-corrected chi connectivity index (χ4v) is 1.50. The highest BCUT2D eigenvalue weighted by Gasteiger charge is 2.17. The molecule has 92 valence electrons. The molecule has 0 fully saturated rings. The summed E-state index contributed by atoms with van der Waals surface area (Å²) in [5.74, 6) is -0.944. The first-order valence-electron chi connectivity index (χ1n) is 5.03. The summed E-state index contributed by atoms with van der Waals surface area (Å²) in [5, 5.41) is 14.3. The molecule has 1 aromatic heterocycles. The number of halogens is 1. The molecule has 7 heteroatoms. The fourth-order valence-electron chi connectivity index (χ4n) is 1.50. The zero-order valence-corrected chi connectivity index (χ0v) is 9.12. The van der Waals surface area contributed by atoms with Gasteiger partial charge in [-0.25, -0.2) is 4.68 Å². The van der Waals surface area contributed by atoms with Crippen LogP contribution in [0.25, 0.3) is 0 Å². The summed E-state index contributed by atoms with van der Waals surface area (Å²) in [6, 6.07) is 6.55. The lowest BCUT2D eigenvalue weighted by molar-refractivity contribution is -0.387. The van der Waals surface area contributed by atoms with E-state index in [4.69, 9.17) is 0 Å². The number of aromatic nitrogens is 2. The van der Waals surface area contributed by atoms with Gasteiger partial charge in [0.2, 0.25) is 5.82 Å². The summed E-state index contributed by atoms with van der Waals surface area (Å²) in [7, 11) is 0. The Morgan fingerprint density at radius 2 is 2.11 bits per heavy atom. The van der Waals surface area contributed by atoms with Crippen molar-refractivity contribution < 1.29 is 9.31 Å². The summed E-state index contributed by atoms with van der Waals surface area (Å²) in [6.45, 7) is -0.146. The number of benzene rings is 1. The molecule has 6 nitrogen and oxygen atoms in total. The van der Waals surface area contributed by atoms with E-state index < -0.39 is 22.0 Å². The minimum absolute atomic E-state index is 0.0463. The first kappa shape index (κ1) is 11.9. The largest absolute Gasteiger partial charge is 0.305 e. The Hall–Kier alpha value is -2.57. The number of nitrogens with zero attached hydrogens (tertiary/aromatic N) is 3. The summed E-state index contributed by atoms with van der Waals surface area (Å²) in [6.07, 6.45) is 1.39. The molecule has 0 radical (unpaired) electrons. The summed E-state index contributed by atoms with van der Waals surface area (Å²) in [4.78, 5) is 21.2. The second-order valence-corrected chi connectivity index (χ2v) is 3.53. The zero-order chi connectivity index (χ0) is 13.1. The molecular formula is C11H8FN3O3. The van der Waals surface area contributed by atoms with Gasteiger partial charge in [-0.2, -0.15) is 9.49 Å². The Bertz CT molecular complexity index is 654. The van der Waals surface area contributed by atoms with Crippen LogP contribution < -0.4 is 5.56 Å². The van der Waals surface area contributed by atoms with Gasteiger partial charge in [0.25, 0.3) is 5.56 Å². The van der Waals surface area contributed by atoms with Crippen LogP contribution in [0, 0.1) is 15.9 Å². The minimum atomic E-state index is -0.944. The highest BCUT2D eigenvalue weighted by atomic mass is 19.1. The van der Waals surface area contributed by atoms with Gasteiger partial charge >= 0.3 is 5.69 Å². The van der Waals surface area contributed by atoms with Gasteiger partial charge in [0.1, 0.15) is 0 Å². The summed E-state index contributed by atoms with van der Waals surface area (Å²) < 4.78 is 14.8. The van der Waals surface area contributed by atoms with Crippen LogP contribution in [0.15, 0.2) is 41.3 Å². The molecule has 2 rings (SSSR count). The van der Waals surface area contributed by atoms with Gasteiger partial charge < -0.3 is 0 Å². The first-order chi connectivity index (χ1) is 8.59. The average molecular weight is 249 g/mol. The molecule has 0 amide bonds. The molecule has 2 aromatic rings. The van der Waals surface area contributed by atoms with E-state index in [2.05, 4.69) is 5.10 Å². The van der Waals surface area contributed by atoms with E-state index in [-0.39, 0.29) is 12.1 Å². The molecule has 1 heterocycles. The lowest BCUT2D eigenvalue weighted by Crippen LogP contribution is -2.22. The third-order valence-electron chi connectivity index (χ3n) is 2.36. The van der Waals surface area contributed by atoms with Crippen LogP contribution in [0.2, 0.25) is 0 Å². The summed E-state index contributed by atoms with van der Waals surface area (Å²) >= 11 is 0.